The fraction of sp³-hybridized carbons (Fsp3) is 0.571. The average molecular weight is 671 g/mol. The van der Waals surface area contributed by atoms with Crippen LogP contribution in [0.3, 0.4) is 0 Å². The molecular weight excluding hydrogens is 621 g/mol. The van der Waals surface area contributed by atoms with Crippen LogP contribution in [0.15, 0.2) is 70.3 Å². The minimum Gasteiger partial charge on any atom is -0.359 e. The molecule has 2 fully saturated rings. The van der Waals surface area contributed by atoms with Crippen LogP contribution in [0.2, 0.25) is 38.3 Å². The van der Waals surface area contributed by atoms with E-state index in [1.54, 1.807) is 26.4 Å². The number of ketones is 1. The van der Waals surface area contributed by atoms with Crippen molar-refractivity contribution >= 4 is 37.0 Å². The molecule has 5 rings (SSSR count). The van der Waals surface area contributed by atoms with E-state index in [1.165, 1.54) is 5.19 Å². The van der Waals surface area contributed by atoms with Gasteiger partial charge in [0.1, 0.15) is 13.6 Å². The monoisotopic (exact) mass is 670 g/mol. The molecule has 45 heavy (non-hydrogen) atoms. The number of hydrogen-bond acceptors (Lipinski definition) is 7. The first-order valence-corrected chi connectivity index (χ1v) is 24.2. The number of benzene rings is 2. The maximum atomic E-state index is 15.0. The number of carbonyl (C=O) groups excluding carboxylic acids is 1. The van der Waals surface area contributed by atoms with Gasteiger partial charge in [0.15, 0.2) is 15.6 Å². The van der Waals surface area contributed by atoms with Crippen molar-refractivity contribution in [1.29, 1.82) is 0 Å². The van der Waals surface area contributed by atoms with Crippen LogP contribution in [0.1, 0.15) is 18.4 Å². The highest BCUT2D eigenvalue weighted by atomic mass is 32.2. The zero-order valence-electron chi connectivity index (χ0n) is 28.0. The quantitative estimate of drug-likeness (QED) is 0.161. The number of rotatable bonds is 12. The Balaban J connectivity index is 1.78. The first-order chi connectivity index (χ1) is 21.2. The Morgan fingerprint density at radius 1 is 0.844 bits per heavy atom. The molecule has 2 saturated carbocycles. The van der Waals surface area contributed by atoms with Gasteiger partial charge in [-0.15, -0.1) is 0 Å². The number of ether oxygens (including phenoxy) is 4. The smallest absolute Gasteiger partial charge is 0.181 e. The Labute approximate surface area is 271 Å². The fourth-order valence-electron chi connectivity index (χ4n) is 9.02. The second-order valence-electron chi connectivity index (χ2n) is 14.7. The molecule has 0 unspecified atom stereocenters. The van der Waals surface area contributed by atoms with Crippen LogP contribution in [-0.4, -0.2) is 76.1 Å². The van der Waals surface area contributed by atoms with Crippen molar-refractivity contribution in [3.8, 4) is 0 Å². The molecule has 0 aliphatic heterocycles. The lowest BCUT2D eigenvalue weighted by Gasteiger charge is -2.46. The van der Waals surface area contributed by atoms with Crippen LogP contribution in [-0.2, 0) is 33.6 Å². The van der Waals surface area contributed by atoms with E-state index in [1.807, 2.05) is 25.1 Å². The van der Waals surface area contributed by atoms with Crippen molar-refractivity contribution in [3.63, 3.8) is 0 Å². The standard InChI is InChI=1S/C35H50O7SSi2/c1-23-14-16-24(17-15-23)43(37,38)30-19-27-26(18-29(36)34(27)44(4,5)6)31-32(30)35(45(7,8)25-12-10-9-11-13-25)28(20-41-21-39-2)33(31)42-22-40-3/h9-17,26,28,30-33,35H,18-22H2,1-8H3/t26-,28+,30+,31+,32-,33+,35-/m0/s1. The normalized spacial score (nSPS) is 28.8. The molecule has 0 aromatic heterocycles. The maximum absolute atomic E-state index is 15.0. The highest BCUT2D eigenvalue weighted by Gasteiger charge is 2.66. The largest absolute Gasteiger partial charge is 0.359 e. The van der Waals surface area contributed by atoms with Gasteiger partial charge in [0.2, 0.25) is 0 Å². The number of hydrogen-bond donors (Lipinski definition) is 0. The summed E-state index contributed by atoms with van der Waals surface area (Å²) in [5.74, 6) is -0.344. The second-order valence-corrected chi connectivity index (χ2v) is 26.6. The summed E-state index contributed by atoms with van der Waals surface area (Å²) in [6.45, 7) is 13.9. The maximum Gasteiger partial charge on any atom is 0.181 e. The lowest BCUT2D eigenvalue weighted by Crippen LogP contribution is -2.54. The SMILES string of the molecule is COCOC[C@@H]1[C@@H](OCOC)[C@H]2[C@@H]([C@H]1[Si](C)(C)c1ccccc1)[C@H](S(=O)(=O)c1ccc(C)cc1)CC1=C([Si](C)(C)C)C(=O)C[C@@H]12. The van der Waals surface area contributed by atoms with Crippen LogP contribution in [0, 0.1) is 30.6 Å². The van der Waals surface area contributed by atoms with E-state index in [-0.39, 0.29) is 54.7 Å². The molecule has 0 saturated heterocycles. The third-order valence-corrected chi connectivity index (χ3v) is 19.2. The van der Waals surface area contributed by atoms with Gasteiger partial charge in [-0.1, -0.05) is 91.5 Å². The highest BCUT2D eigenvalue weighted by Crippen LogP contribution is 2.64. The number of aryl methyl sites for hydroxylation is 1. The minimum atomic E-state index is -3.79. The van der Waals surface area contributed by atoms with Crippen molar-refractivity contribution in [2.45, 2.75) is 74.3 Å². The lowest BCUT2D eigenvalue weighted by atomic mass is 9.70. The Morgan fingerprint density at radius 3 is 2.09 bits per heavy atom. The first kappa shape index (κ1) is 34.4. The van der Waals surface area contributed by atoms with Crippen molar-refractivity contribution in [1.82, 2.24) is 0 Å². The topological polar surface area (TPSA) is 88.1 Å². The first-order valence-electron chi connectivity index (χ1n) is 16.0. The zero-order valence-corrected chi connectivity index (χ0v) is 30.9. The number of fused-ring (bicyclic) bond motifs is 3. The molecule has 10 heteroatoms. The van der Waals surface area contributed by atoms with Gasteiger partial charge < -0.3 is 18.9 Å². The Hall–Kier alpha value is -1.93. The molecule has 0 amide bonds. The molecule has 7 atom stereocenters. The number of carbonyl (C=O) groups is 1. The van der Waals surface area contributed by atoms with Gasteiger partial charge in [-0.05, 0) is 54.0 Å². The molecule has 3 aliphatic rings. The van der Waals surface area contributed by atoms with E-state index < -0.39 is 31.2 Å². The molecule has 0 spiro atoms. The molecular formula is C35H50O7SSi2. The van der Waals surface area contributed by atoms with Crippen molar-refractivity contribution in [2.75, 3.05) is 34.4 Å². The van der Waals surface area contributed by atoms with Gasteiger partial charge in [0.05, 0.1) is 39.0 Å². The van der Waals surface area contributed by atoms with Crippen LogP contribution in [0.4, 0.5) is 0 Å². The Kier molecular flexibility index (Phi) is 10.2. The van der Waals surface area contributed by atoms with Gasteiger partial charge in [-0.2, -0.15) is 0 Å². The third kappa shape index (κ3) is 6.36. The lowest BCUT2D eigenvalue weighted by molar-refractivity contribution is -0.126. The summed E-state index contributed by atoms with van der Waals surface area (Å²) in [7, 11) is -5.04. The summed E-state index contributed by atoms with van der Waals surface area (Å²) in [5.41, 5.74) is 2.09. The highest BCUT2D eigenvalue weighted by molar-refractivity contribution is 7.92. The van der Waals surface area contributed by atoms with Gasteiger partial charge in [0, 0.05) is 26.6 Å². The van der Waals surface area contributed by atoms with Crippen molar-refractivity contribution in [2.24, 2.45) is 23.7 Å². The van der Waals surface area contributed by atoms with E-state index in [0.29, 0.717) is 24.3 Å². The van der Waals surface area contributed by atoms with E-state index in [9.17, 15) is 13.2 Å². The second kappa shape index (κ2) is 13.3. The molecule has 7 nitrogen and oxygen atoms in total. The zero-order chi connectivity index (χ0) is 32.7. The summed E-state index contributed by atoms with van der Waals surface area (Å²) in [5, 5.41) is 1.53. The van der Waals surface area contributed by atoms with Crippen LogP contribution in [0.25, 0.3) is 0 Å². The molecule has 0 N–H and O–H groups in total. The molecule has 3 aliphatic carbocycles. The molecule has 0 heterocycles. The predicted molar refractivity (Wildman–Crippen MR) is 183 cm³/mol. The molecule has 0 radical (unpaired) electrons. The molecule has 2 aromatic carbocycles. The van der Waals surface area contributed by atoms with Crippen molar-refractivity contribution in [3.05, 3.63) is 70.9 Å². The Bertz CT molecular complexity index is 1500. The number of methoxy groups -OCH3 is 2. The molecule has 246 valence electrons. The van der Waals surface area contributed by atoms with E-state index in [2.05, 4.69) is 57.0 Å². The van der Waals surface area contributed by atoms with Crippen LogP contribution in [0.5, 0.6) is 0 Å². The summed E-state index contributed by atoms with van der Waals surface area (Å²) < 4.78 is 53.5. The summed E-state index contributed by atoms with van der Waals surface area (Å²) in [6.07, 6.45) is 0.481. The van der Waals surface area contributed by atoms with Gasteiger partial charge in [0.25, 0.3) is 0 Å². The van der Waals surface area contributed by atoms with Gasteiger partial charge in [-0.25, -0.2) is 8.42 Å². The summed E-state index contributed by atoms with van der Waals surface area (Å²) >= 11 is 0. The third-order valence-electron chi connectivity index (χ3n) is 10.6. The Morgan fingerprint density at radius 2 is 1.49 bits per heavy atom. The number of Topliss-reactive ketones (excluding diaryl/α,β-unsaturated/α-hetero) is 1. The molecule has 2 aromatic rings. The number of allylic oxidation sites excluding steroid dienone is 2. The van der Waals surface area contributed by atoms with Gasteiger partial charge >= 0.3 is 0 Å². The van der Waals surface area contributed by atoms with Gasteiger partial charge in [-0.3, -0.25) is 4.79 Å². The summed E-state index contributed by atoms with van der Waals surface area (Å²) in [6, 6.07) is 17.8. The van der Waals surface area contributed by atoms with E-state index in [0.717, 1.165) is 16.3 Å². The predicted octanol–water partition coefficient (Wildman–Crippen LogP) is 5.76. The van der Waals surface area contributed by atoms with E-state index >= 15 is 0 Å². The summed E-state index contributed by atoms with van der Waals surface area (Å²) in [4.78, 5) is 14.2. The van der Waals surface area contributed by atoms with E-state index in [4.69, 9.17) is 18.9 Å². The molecule has 0 bridgehead atoms. The van der Waals surface area contributed by atoms with Crippen LogP contribution < -0.4 is 5.19 Å². The van der Waals surface area contributed by atoms with Crippen LogP contribution >= 0.6 is 0 Å². The average Bonchev–Trinajstić information content (AvgIpc) is 3.50. The van der Waals surface area contributed by atoms with Crippen molar-refractivity contribution < 1.29 is 32.2 Å². The fourth-order valence-corrected chi connectivity index (χ4v) is 17.6. The number of sulfone groups is 1. The minimum absolute atomic E-state index is 0.00131.